The number of nitrogens with one attached hydrogen (secondary N) is 1. The van der Waals surface area contributed by atoms with E-state index >= 15 is 0 Å². The molecule has 20 heavy (non-hydrogen) atoms. The third kappa shape index (κ3) is 2.81. The van der Waals surface area contributed by atoms with Crippen molar-refractivity contribution in [1.29, 1.82) is 0 Å². The quantitative estimate of drug-likeness (QED) is 0.913. The van der Waals surface area contributed by atoms with Crippen molar-refractivity contribution in [2.75, 3.05) is 39.1 Å². The van der Waals surface area contributed by atoms with Crippen LogP contribution < -0.4 is 10.2 Å². The highest BCUT2D eigenvalue weighted by Gasteiger charge is 2.33. The molecule has 1 fully saturated rings. The SMILES string of the molecule is CNC(C)c1cccc(F)c1N1CC(C)C(N(C)C)C1. The van der Waals surface area contributed by atoms with Crippen molar-refractivity contribution in [3.8, 4) is 0 Å². The summed E-state index contributed by atoms with van der Waals surface area (Å²) in [6.45, 7) is 6.11. The van der Waals surface area contributed by atoms with Crippen molar-refractivity contribution in [1.82, 2.24) is 10.2 Å². The van der Waals surface area contributed by atoms with Gasteiger partial charge in [-0.3, -0.25) is 0 Å². The standard InChI is InChI=1S/C16H26FN3/c1-11-9-20(10-15(11)19(4)5)16-13(12(2)18-3)7-6-8-14(16)17/h6-8,11-12,15,18H,9-10H2,1-5H3. The molecule has 0 aromatic heterocycles. The zero-order valence-corrected chi connectivity index (χ0v) is 13.2. The molecule has 0 bridgehead atoms. The summed E-state index contributed by atoms with van der Waals surface area (Å²) < 4.78 is 14.4. The van der Waals surface area contributed by atoms with E-state index in [-0.39, 0.29) is 11.9 Å². The first kappa shape index (κ1) is 15.3. The first-order valence-corrected chi connectivity index (χ1v) is 7.32. The lowest BCUT2D eigenvalue weighted by molar-refractivity contribution is 0.266. The van der Waals surface area contributed by atoms with Crippen LogP contribution in [0.5, 0.6) is 0 Å². The number of para-hydroxylation sites is 1. The van der Waals surface area contributed by atoms with Crippen LogP contribution in [0.2, 0.25) is 0 Å². The number of anilines is 1. The number of nitrogens with zero attached hydrogens (tertiary/aromatic N) is 2. The number of rotatable bonds is 4. The molecule has 4 heteroatoms. The molecule has 1 aliphatic rings. The van der Waals surface area contributed by atoms with E-state index in [1.165, 1.54) is 0 Å². The second-order valence-electron chi connectivity index (χ2n) is 6.10. The Labute approximate surface area is 121 Å². The number of hydrogen-bond acceptors (Lipinski definition) is 3. The van der Waals surface area contributed by atoms with Gasteiger partial charge in [-0.15, -0.1) is 0 Å². The van der Waals surface area contributed by atoms with Crippen LogP contribution >= 0.6 is 0 Å². The molecule has 1 aromatic carbocycles. The molecule has 1 aromatic rings. The van der Waals surface area contributed by atoms with Crippen molar-refractivity contribution in [3.05, 3.63) is 29.6 Å². The molecule has 0 aliphatic carbocycles. The van der Waals surface area contributed by atoms with Crippen LogP contribution in [0.3, 0.4) is 0 Å². The van der Waals surface area contributed by atoms with E-state index in [9.17, 15) is 4.39 Å². The summed E-state index contributed by atoms with van der Waals surface area (Å²) in [4.78, 5) is 4.44. The molecule has 112 valence electrons. The highest BCUT2D eigenvalue weighted by atomic mass is 19.1. The largest absolute Gasteiger partial charge is 0.367 e. The van der Waals surface area contributed by atoms with Gasteiger partial charge in [-0.05, 0) is 45.6 Å². The van der Waals surface area contributed by atoms with Gasteiger partial charge in [0.05, 0.1) is 5.69 Å². The fourth-order valence-corrected chi connectivity index (χ4v) is 3.17. The average molecular weight is 279 g/mol. The van der Waals surface area contributed by atoms with Crippen LogP contribution in [0.4, 0.5) is 10.1 Å². The maximum absolute atomic E-state index is 14.4. The maximum atomic E-state index is 14.4. The highest BCUT2D eigenvalue weighted by molar-refractivity contribution is 5.57. The van der Waals surface area contributed by atoms with Crippen molar-refractivity contribution in [2.24, 2.45) is 5.92 Å². The molecule has 0 amide bonds. The number of hydrogen-bond donors (Lipinski definition) is 1. The minimum absolute atomic E-state index is 0.115. The topological polar surface area (TPSA) is 18.5 Å². The highest BCUT2D eigenvalue weighted by Crippen LogP contribution is 2.33. The van der Waals surface area contributed by atoms with Gasteiger partial charge in [0.2, 0.25) is 0 Å². The van der Waals surface area contributed by atoms with Crippen molar-refractivity contribution < 1.29 is 4.39 Å². The Morgan fingerprint density at radius 1 is 1.35 bits per heavy atom. The molecule has 1 N–H and O–H groups in total. The molecule has 3 nitrogen and oxygen atoms in total. The third-order valence-corrected chi connectivity index (χ3v) is 4.47. The van der Waals surface area contributed by atoms with Gasteiger partial charge >= 0.3 is 0 Å². The maximum Gasteiger partial charge on any atom is 0.146 e. The smallest absolute Gasteiger partial charge is 0.146 e. The zero-order valence-electron chi connectivity index (χ0n) is 13.2. The summed E-state index contributed by atoms with van der Waals surface area (Å²) in [5.41, 5.74) is 1.81. The molecule has 0 spiro atoms. The molecule has 0 radical (unpaired) electrons. The van der Waals surface area contributed by atoms with Crippen LogP contribution in [0.25, 0.3) is 0 Å². The van der Waals surface area contributed by atoms with E-state index in [4.69, 9.17) is 0 Å². The lowest BCUT2D eigenvalue weighted by atomic mass is 10.0. The van der Waals surface area contributed by atoms with Gasteiger partial charge in [0.15, 0.2) is 0 Å². The summed E-state index contributed by atoms with van der Waals surface area (Å²) in [7, 11) is 6.11. The van der Waals surface area contributed by atoms with Gasteiger partial charge in [0, 0.05) is 25.2 Å². The first-order chi connectivity index (χ1) is 9.45. The van der Waals surface area contributed by atoms with E-state index in [1.807, 2.05) is 13.1 Å². The summed E-state index contributed by atoms with van der Waals surface area (Å²) in [5, 5.41) is 3.21. The Morgan fingerprint density at radius 3 is 2.60 bits per heavy atom. The van der Waals surface area contributed by atoms with Gasteiger partial charge in [-0.25, -0.2) is 4.39 Å². The molecule has 3 atom stereocenters. The van der Waals surface area contributed by atoms with Crippen LogP contribution in [0.15, 0.2) is 18.2 Å². The Morgan fingerprint density at radius 2 is 2.05 bits per heavy atom. The predicted molar refractivity (Wildman–Crippen MR) is 82.7 cm³/mol. The predicted octanol–water partition coefficient (Wildman–Crippen LogP) is 2.49. The number of likely N-dealkylation sites (N-methyl/N-ethyl adjacent to an activating group) is 1. The molecule has 2 rings (SSSR count). The molecule has 1 heterocycles. The van der Waals surface area contributed by atoms with E-state index in [2.05, 4.69) is 43.1 Å². The van der Waals surface area contributed by atoms with Crippen molar-refractivity contribution in [2.45, 2.75) is 25.9 Å². The monoisotopic (exact) mass is 279 g/mol. The van der Waals surface area contributed by atoms with Crippen molar-refractivity contribution in [3.63, 3.8) is 0 Å². The fraction of sp³-hybridized carbons (Fsp3) is 0.625. The van der Waals surface area contributed by atoms with Crippen LogP contribution in [0, 0.1) is 11.7 Å². The second-order valence-corrected chi connectivity index (χ2v) is 6.10. The van der Waals surface area contributed by atoms with E-state index < -0.39 is 0 Å². The molecular weight excluding hydrogens is 253 g/mol. The lowest BCUT2D eigenvalue weighted by Crippen LogP contribution is -2.34. The number of benzene rings is 1. The Hall–Kier alpha value is -1.13. The Balaban J connectivity index is 2.34. The Bertz CT molecular complexity index is 461. The molecule has 1 aliphatic heterocycles. The van der Waals surface area contributed by atoms with Gasteiger partial charge in [-0.2, -0.15) is 0 Å². The minimum atomic E-state index is -0.115. The summed E-state index contributed by atoms with van der Waals surface area (Å²) >= 11 is 0. The average Bonchev–Trinajstić information content (AvgIpc) is 2.79. The molecular formula is C16H26FN3. The first-order valence-electron chi connectivity index (χ1n) is 7.32. The van der Waals surface area contributed by atoms with E-state index in [0.29, 0.717) is 12.0 Å². The second kappa shape index (κ2) is 6.10. The fourth-order valence-electron chi connectivity index (χ4n) is 3.17. The van der Waals surface area contributed by atoms with Crippen LogP contribution in [0.1, 0.15) is 25.5 Å². The van der Waals surface area contributed by atoms with Crippen molar-refractivity contribution >= 4 is 5.69 Å². The molecule has 1 saturated heterocycles. The lowest BCUT2D eigenvalue weighted by Gasteiger charge is -2.26. The van der Waals surface area contributed by atoms with Gasteiger partial charge < -0.3 is 15.1 Å². The van der Waals surface area contributed by atoms with Gasteiger partial charge in [0.25, 0.3) is 0 Å². The summed E-state index contributed by atoms with van der Waals surface area (Å²) in [6, 6.07) is 6.01. The van der Waals surface area contributed by atoms with Crippen LogP contribution in [-0.2, 0) is 0 Å². The van der Waals surface area contributed by atoms with Gasteiger partial charge in [-0.1, -0.05) is 19.1 Å². The third-order valence-electron chi connectivity index (χ3n) is 4.47. The Kier molecular flexibility index (Phi) is 4.66. The van der Waals surface area contributed by atoms with E-state index in [0.717, 1.165) is 24.3 Å². The molecule has 0 saturated carbocycles. The van der Waals surface area contributed by atoms with E-state index in [1.54, 1.807) is 12.1 Å². The van der Waals surface area contributed by atoms with Crippen LogP contribution in [-0.4, -0.2) is 45.2 Å². The van der Waals surface area contributed by atoms with Gasteiger partial charge in [0.1, 0.15) is 5.82 Å². The normalized spacial score (nSPS) is 24.4. The summed E-state index contributed by atoms with van der Waals surface area (Å²) in [6.07, 6.45) is 0. The minimum Gasteiger partial charge on any atom is -0.367 e. The summed E-state index contributed by atoms with van der Waals surface area (Å²) in [5.74, 6) is 0.429. The molecule has 3 unspecified atom stereocenters. The number of halogens is 1. The zero-order chi connectivity index (χ0) is 14.9.